The summed E-state index contributed by atoms with van der Waals surface area (Å²) in [7, 11) is 1.56. The summed E-state index contributed by atoms with van der Waals surface area (Å²) in [6.07, 6.45) is 2.84. The SMILES string of the molecule is COc1cc([C@H](Nc2ccc(C(=N)N)cc2)c2nn(-c3ncccn3)c(=O)[nH]2)cc2c1OCOC2C. The molecule has 184 valence electrons. The van der Waals surface area contributed by atoms with E-state index in [1.54, 1.807) is 37.4 Å². The van der Waals surface area contributed by atoms with Crippen molar-refractivity contribution in [2.45, 2.75) is 19.1 Å². The van der Waals surface area contributed by atoms with Gasteiger partial charge in [-0.05, 0) is 55.0 Å². The van der Waals surface area contributed by atoms with E-state index in [1.165, 1.54) is 12.4 Å². The Hall–Kier alpha value is -4.71. The molecule has 12 nitrogen and oxygen atoms in total. The largest absolute Gasteiger partial charge is 0.493 e. The number of rotatable bonds is 7. The summed E-state index contributed by atoms with van der Waals surface area (Å²) in [6.45, 7) is 2.06. The van der Waals surface area contributed by atoms with Crippen LogP contribution in [0.5, 0.6) is 11.5 Å². The van der Waals surface area contributed by atoms with Crippen LogP contribution in [0.2, 0.25) is 0 Å². The molecule has 5 rings (SSSR count). The van der Waals surface area contributed by atoms with Crippen LogP contribution in [0.15, 0.2) is 59.7 Å². The van der Waals surface area contributed by atoms with Crippen molar-refractivity contribution in [2.75, 3.05) is 19.2 Å². The van der Waals surface area contributed by atoms with Crippen LogP contribution in [0.4, 0.5) is 5.69 Å². The monoisotopic (exact) mass is 488 g/mol. The molecule has 2 atom stereocenters. The van der Waals surface area contributed by atoms with Crippen molar-refractivity contribution in [3.8, 4) is 17.4 Å². The van der Waals surface area contributed by atoms with E-state index in [0.717, 1.165) is 15.8 Å². The molecule has 4 aromatic rings. The standard InChI is InChI=1S/C24H24N8O4/c1-13-17-10-15(11-18(34-2)20(17)36-12-35-13)19(29-16-6-4-14(5-7-16)21(25)26)22-30-24(33)32(31-22)23-27-8-3-9-28-23/h3-11,13,19,29H,12H2,1-2H3,(H3,25,26)(H,30,31,33)/t13?,19-/m0/s1. The van der Waals surface area contributed by atoms with Crippen molar-refractivity contribution in [2.24, 2.45) is 5.73 Å². The zero-order valence-electron chi connectivity index (χ0n) is 19.6. The van der Waals surface area contributed by atoms with Gasteiger partial charge in [0.25, 0.3) is 5.95 Å². The molecule has 2 aromatic heterocycles. The fraction of sp³-hybridized carbons (Fsp3) is 0.208. The molecule has 0 saturated carbocycles. The number of ether oxygens (including phenoxy) is 3. The van der Waals surface area contributed by atoms with Gasteiger partial charge in [-0.1, -0.05) is 0 Å². The van der Waals surface area contributed by atoms with Gasteiger partial charge in [0.15, 0.2) is 24.1 Å². The first-order chi connectivity index (χ1) is 17.4. The second-order valence-corrected chi connectivity index (χ2v) is 8.06. The van der Waals surface area contributed by atoms with Crippen LogP contribution in [0.3, 0.4) is 0 Å². The zero-order valence-corrected chi connectivity index (χ0v) is 19.6. The number of nitrogen functional groups attached to an aromatic ring is 1. The summed E-state index contributed by atoms with van der Waals surface area (Å²) in [5.41, 5.74) is 7.97. The van der Waals surface area contributed by atoms with Crippen LogP contribution in [0.25, 0.3) is 5.95 Å². The maximum Gasteiger partial charge on any atom is 0.350 e. The van der Waals surface area contributed by atoms with Crippen LogP contribution in [-0.2, 0) is 4.74 Å². The number of fused-ring (bicyclic) bond motifs is 1. The van der Waals surface area contributed by atoms with E-state index in [9.17, 15) is 4.79 Å². The van der Waals surface area contributed by atoms with E-state index in [-0.39, 0.29) is 24.7 Å². The normalized spacial score (nSPS) is 15.4. The molecule has 0 spiro atoms. The van der Waals surface area contributed by atoms with Crippen LogP contribution >= 0.6 is 0 Å². The fourth-order valence-electron chi connectivity index (χ4n) is 3.93. The maximum absolute atomic E-state index is 12.8. The molecule has 0 amide bonds. The Morgan fingerprint density at radius 2 is 2.03 bits per heavy atom. The number of nitrogens with two attached hydrogens (primary N) is 1. The summed E-state index contributed by atoms with van der Waals surface area (Å²) in [4.78, 5) is 23.9. The molecule has 0 saturated heterocycles. The van der Waals surface area contributed by atoms with Gasteiger partial charge in [0.1, 0.15) is 11.9 Å². The topological polar surface area (TPSA) is 166 Å². The molecular weight excluding hydrogens is 464 g/mol. The van der Waals surface area contributed by atoms with E-state index >= 15 is 0 Å². The average Bonchev–Trinajstić information content (AvgIpc) is 3.29. The van der Waals surface area contributed by atoms with Gasteiger partial charge >= 0.3 is 5.69 Å². The first-order valence-electron chi connectivity index (χ1n) is 11.1. The molecule has 1 aliphatic rings. The lowest BCUT2D eigenvalue weighted by atomic mass is 9.98. The molecule has 1 unspecified atom stereocenters. The second kappa shape index (κ2) is 9.50. The highest BCUT2D eigenvalue weighted by molar-refractivity contribution is 5.95. The van der Waals surface area contributed by atoms with Crippen molar-refractivity contribution in [3.63, 3.8) is 0 Å². The average molecular weight is 489 g/mol. The number of nitrogens with zero attached hydrogens (tertiary/aromatic N) is 4. The zero-order chi connectivity index (χ0) is 25.2. The molecule has 1 aliphatic heterocycles. The van der Waals surface area contributed by atoms with Gasteiger partial charge in [-0.15, -0.1) is 9.78 Å². The smallest absolute Gasteiger partial charge is 0.350 e. The number of anilines is 1. The Morgan fingerprint density at radius 1 is 1.28 bits per heavy atom. The molecular formula is C24H24N8O4. The first kappa shape index (κ1) is 23.1. The molecule has 0 fully saturated rings. The minimum atomic E-state index is -0.612. The van der Waals surface area contributed by atoms with Crippen LogP contribution in [0, 0.1) is 5.41 Å². The van der Waals surface area contributed by atoms with E-state index in [0.29, 0.717) is 28.6 Å². The Balaban J connectivity index is 1.62. The lowest BCUT2D eigenvalue weighted by Gasteiger charge is -2.27. The number of methoxy groups -OCH3 is 1. The van der Waals surface area contributed by atoms with E-state index in [4.69, 9.17) is 25.4 Å². The molecule has 36 heavy (non-hydrogen) atoms. The Bertz CT molecular complexity index is 1450. The minimum Gasteiger partial charge on any atom is -0.493 e. The molecule has 0 aliphatic carbocycles. The predicted octanol–water partition coefficient (Wildman–Crippen LogP) is 2.27. The molecule has 12 heteroatoms. The van der Waals surface area contributed by atoms with Crippen molar-refractivity contribution in [1.29, 1.82) is 5.41 Å². The summed E-state index contributed by atoms with van der Waals surface area (Å²) in [6, 6.07) is 11.9. The first-order valence-corrected chi connectivity index (χ1v) is 11.1. The van der Waals surface area contributed by atoms with Crippen molar-refractivity contribution in [1.82, 2.24) is 24.7 Å². The summed E-state index contributed by atoms with van der Waals surface area (Å²) < 4.78 is 18.1. The van der Waals surface area contributed by atoms with Crippen molar-refractivity contribution in [3.05, 3.63) is 87.9 Å². The van der Waals surface area contributed by atoms with Crippen LogP contribution in [-0.4, -0.2) is 44.5 Å². The van der Waals surface area contributed by atoms with E-state index in [2.05, 4.69) is 25.4 Å². The molecule has 0 radical (unpaired) electrons. The second-order valence-electron chi connectivity index (χ2n) is 8.06. The lowest BCUT2D eigenvalue weighted by molar-refractivity contribution is -0.0525. The highest BCUT2D eigenvalue weighted by atomic mass is 16.7. The molecule has 2 aromatic carbocycles. The number of hydrogen-bond acceptors (Lipinski definition) is 9. The van der Waals surface area contributed by atoms with Crippen LogP contribution < -0.4 is 26.2 Å². The number of benzene rings is 2. The predicted molar refractivity (Wildman–Crippen MR) is 131 cm³/mol. The van der Waals surface area contributed by atoms with Gasteiger partial charge in [0.05, 0.1) is 13.2 Å². The van der Waals surface area contributed by atoms with Crippen LogP contribution in [0.1, 0.15) is 41.6 Å². The fourth-order valence-corrected chi connectivity index (χ4v) is 3.93. The number of hydrogen-bond donors (Lipinski definition) is 4. The number of amidine groups is 1. The van der Waals surface area contributed by atoms with Gasteiger partial charge in [0.2, 0.25) is 0 Å². The van der Waals surface area contributed by atoms with Gasteiger partial charge in [-0.3, -0.25) is 10.4 Å². The summed E-state index contributed by atoms with van der Waals surface area (Å²) >= 11 is 0. The number of aromatic amines is 1. The Labute approximate surface area is 205 Å². The summed E-state index contributed by atoms with van der Waals surface area (Å²) in [5.74, 6) is 1.59. The quantitative estimate of drug-likeness (QED) is 0.225. The Kier molecular flexibility index (Phi) is 6.09. The molecule has 3 heterocycles. The van der Waals surface area contributed by atoms with Gasteiger partial charge < -0.3 is 25.3 Å². The van der Waals surface area contributed by atoms with Crippen molar-refractivity contribution < 1.29 is 14.2 Å². The van der Waals surface area contributed by atoms with E-state index in [1.807, 2.05) is 19.1 Å². The Morgan fingerprint density at radius 3 is 2.72 bits per heavy atom. The third kappa shape index (κ3) is 4.36. The maximum atomic E-state index is 12.8. The highest BCUT2D eigenvalue weighted by Gasteiger charge is 2.28. The highest BCUT2D eigenvalue weighted by Crippen LogP contribution is 2.42. The third-order valence-corrected chi connectivity index (χ3v) is 5.78. The minimum absolute atomic E-state index is 0.0301. The number of aromatic nitrogens is 5. The van der Waals surface area contributed by atoms with Gasteiger partial charge in [0, 0.05) is 29.2 Å². The molecule has 5 N–H and O–H groups in total. The van der Waals surface area contributed by atoms with Crippen molar-refractivity contribution >= 4 is 11.5 Å². The number of H-pyrrole nitrogens is 1. The lowest BCUT2D eigenvalue weighted by Crippen LogP contribution is -2.19. The van der Waals surface area contributed by atoms with E-state index < -0.39 is 11.7 Å². The molecule has 0 bridgehead atoms. The number of nitrogens with one attached hydrogen (secondary N) is 3. The van der Waals surface area contributed by atoms with Gasteiger partial charge in [-0.2, -0.15) is 0 Å². The summed E-state index contributed by atoms with van der Waals surface area (Å²) in [5, 5.41) is 15.5. The van der Waals surface area contributed by atoms with Gasteiger partial charge in [-0.25, -0.2) is 14.8 Å². The third-order valence-electron chi connectivity index (χ3n) is 5.78.